The van der Waals surface area contributed by atoms with Crippen LogP contribution in [0.2, 0.25) is 0 Å². The maximum Gasteiger partial charge on any atom is 0.490 e. The van der Waals surface area contributed by atoms with Gasteiger partial charge in [0.15, 0.2) is 0 Å². The van der Waals surface area contributed by atoms with Gasteiger partial charge >= 0.3 is 12.1 Å². The molecule has 6 nitrogen and oxygen atoms in total. The van der Waals surface area contributed by atoms with Crippen molar-refractivity contribution in [1.29, 1.82) is 0 Å². The van der Waals surface area contributed by atoms with Crippen LogP contribution in [0.1, 0.15) is 0 Å². The average molecular weight is 254 g/mol. The molecule has 0 aromatic rings. The second kappa shape index (κ2) is 4.41. The molecule has 4 bridgehead atoms. The van der Waals surface area contributed by atoms with Crippen molar-refractivity contribution in [2.75, 3.05) is 40.0 Å². The number of halogens is 3. The van der Waals surface area contributed by atoms with Crippen LogP contribution in [-0.2, 0) is 4.79 Å². The molecule has 0 aliphatic carbocycles. The summed E-state index contributed by atoms with van der Waals surface area (Å²) < 4.78 is 31.7. The Morgan fingerprint density at radius 1 is 0.824 bits per heavy atom. The van der Waals surface area contributed by atoms with Crippen molar-refractivity contribution in [1.82, 2.24) is 19.6 Å². The minimum atomic E-state index is -5.08. The maximum absolute atomic E-state index is 10.6. The molecule has 1 N–H and O–H groups in total. The van der Waals surface area contributed by atoms with Crippen LogP contribution < -0.4 is 0 Å². The van der Waals surface area contributed by atoms with Crippen LogP contribution >= 0.6 is 0 Å². The predicted octanol–water partition coefficient (Wildman–Crippen LogP) is -0.387. The van der Waals surface area contributed by atoms with Crippen molar-refractivity contribution >= 4 is 5.97 Å². The Balaban J connectivity index is 0.000000139. The summed E-state index contributed by atoms with van der Waals surface area (Å²) in [4.78, 5) is 18.8. The molecule has 4 fully saturated rings. The van der Waals surface area contributed by atoms with Gasteiger partial charge in [-0.1, -0.05) is 0 Å². The van der Waals surface area contributed by atoms with Gasteiger partial charge < -0.3 is 5.11 Å². The average Bonchev–Trinajstić information content (AvgIpc) is 2.14. The molecule has 0 saturated carbocycles. The lowest BCUT2D eigenvalue weighted by atomic mass is 10.4. The van der Waals surface area contributed by atoms with Gasteiger partial charge in [0.1, 0.15) is 0 Å². The Kier molecular flexibility index (Phi) is 3.25. The highest BCUT2D eigenvalue weighted by Crippen LogP contribution is 2.20. The van der Waals surface area contributed by atoms with E-state index in [1.165, 1.54) is 40.0 Å². The summed E-state index contributed by atoms with van der Waals surface area (Å²) in [7, 11) is 0. The molecular weight excluding hydrogens is 241 g/mol. The van der Waals surface area contributed by atoms with Crippen molar-refractivity contribution in [2.45, 2.75) is 6.18 Å². The van der Waals surface area contributed by atoms with Gasteiger partial charge in [-0.3, -0.25) is 19.6 Å². The number of nitrogens with zero attached hydrogens (tertiary/aromatic N) is 4. The SMILES string of the molecule is C1N2CN3CN1CN(C2)C3.O=C(O)C(F)(F)F. The van der Waals surface area contributed by atoms with Crippen LogP contribution in [0.15, 0.2) is 0 Å². The highest BCUT2D eigenvalue weighted by molar-refractivity contribution is 5.73. The molecule has 0 amide bonds. The van der Waals surface area contributed by atoms with Crippen LogP contribution in [0.3, 0.4) is 0 Å². The second-order valence-corrected chi connectivity index (χ2v) is 4.33. The Hall–Kier alpha value is -0.900. The first-order valence-corrected chi connectivity index (χ1v) is 5.04. The molecule has 4 rings (SSSR count). The van der Waals surface area contributed by atoms with E-state index in [1.54, 1.807) is 0 Å². The summed E-state index contributed by atoms with van der Waals surface area (Å²) in [6.07, 6.45) is -5.08. The molecule has 0 unspecified atom stereocenters. The van der Waals surface area contributed by atoms with Gasteiger partial charge in [-0.05, 0) is 0 Å². The van der Waals surface area contributed by atoms with Crippen LogP contribution in [0, 0.1) is 0 Å². The zero-order valence-electron chi connectivity index (χ0n) is 9.02. The number of carboxylic acids is 1. The minimum absolute atomic E-state index is 1.19. The quantitative estimate of drug-likeness (QED) is 0.635. The molecule has 0 aromatic heterocycles. The van der Waals surface area contributed by atoms with E-state index in [0.29, 0.717) is 0 Å². The van der Waals surface area contributed by atoms with Gasteiger partial charge in [0.2, 0.25) is 0 Å². The second-order valence-electron chi connectivity index (χ2n) is 4.33. The molecule has 98 valence electrons. The third-order valence-electron chi connectivity index (χ3n) is 2.64. The van der Waals surface area contributed by atoms with Crippen LogP contribution in [0.4, 0.5) is 13.2 Å². The van der Waals surface area contributed by atoms with Crippen molar-refractivity contribution < 1.29 is 23.1 Å². The number of carbonyl (C=O) groups is 1. The first-order valence-electron chi connectivity index (χ1n) is 5.04. The normalized spacial score (nSPS) is 38.5. The van der Waals surface area contributed by atoms with Crippen molar-refractivity contribution in [3.05, 3.63) is 0 Å². The van der Waals surface area contributed by atoms with Crippen LogP contribution in [-0.4, -0.2) is 76.9 Å². The third kappa shape index (κ3) is 3.06. The molecule has 17 heavy (non-hydrogen) atoms. The molecule has 0 aromatic carbocycles. The minimum Gasteiger partial charge on any atom is -0.475 e. The molecule has 0 spiro atoms. The molecule has 4 aliphatic rings. The van der Waals surface area contributed by atoms with Crippen molar-refractivity contribution in [3.63, 3.8) is 0 Å². The Bertz CT molecular complexity index is 253. The summed E-state index contributed by atoms with van der Waals surface area (Å²) in [5, 5.41) is 7.12. The number of rotatable bonds is 0. The van der Waals surface area contributed by atoms with Crippen LogP contribution in [0.25, 0.3) is 0 Å². The summed E-state index contributed by atoms with van der Waals surface area (Å²) >= 11 is 0. The molecule has 9 heteroatoms. The molecular formula is C8H13F3N4O2. The highest BCUT2D eigenvalue weighted by atomic mass is 19.4. The number of carboxylic acid groups (broad SMARTS) is 1. The largest absolute Gasteiger partial charge is 0.490 e. The van der Waals surface area contributed by atoms with E-state index in [0.717, 1.165) is 0 Å². The van der Waals surface area contributed by atoms with Gasteiger partial charge in [-0.2, -0.15) is 13.2 Å². The number of alkyl halides is 3. The number of hydrogen-bond acceptors (Lipinski definition) is 5. The first kappa shape index (κ1) is 12.6. The smallest absolute Gasteiger partial charge is 0.475 e. The van der Waals surface area contributed by atoms with E-state index in [-0.39, 0.29) is 0 Å². The Morgan fingerprint density at radius 2 is 1.00 bits per heavy atom. The zero-order valence-corrected chi connectivity index (χ0v) is 9.02. The fourth-order valence-electron chi connectivity index (χ4n) is 2.23. The standard InChI is InChI=1S/C6H12N4.C2HF3O2/c1-7-2-9-4-8(1)5-10(3-7)6-9;3-2(4,5)1(6)7/h1-6H2;(H,6,7). The van der Waals surface area contributed by atoms with Crippen molar-refractivity contribution in [3.8, 4) is 0 Å². The predicted molar refractivity (Wildman–Crippen MR) is 50.2 cm³/mol. The Morgan fingerprint density at radius 3 is 1.12 bits per heavy atom. The monoisotopic (exact) mass is 254 g/mol. The zero-order chi connectivity index (χ0) is 12.6. The molecule has 4 heterocycles. The topological polar surface area (TPSA) is 50.3 Å². The van der Waals surface area contributed by atoms with Gasteiger partial charge in [0.05, 0.1) is 40.0 Å². The molecule has 0 radical (unpaired) electrons. The van der Waals surface area contributed by atoms with E-state index < -0.39 is 12.1 Å². The van der Waals surface area contributed by atoms with Gasteiger partial charge in [0, 0.05) is 0 Å². The summed E-state index contributed by atoms with van der Waals surface area (Å²) in [6, 6.07) is 0. The Labute approximate surface area is 95.8 Å². The van der Waals surface area contributed by atoms with E-state index in [2.05, 4.69) is 19.6 Å². The summed E-state index contributed by atoms with van der Waals surface area (Å²) in [5.41, 5.74) is 0. The van der Waals surface area contributed by atoms with E-state index >= 15 is 0 Å². The van der Waals surface area contributed by atoms with Crippen LogP contribution in [0.5, 0.6) is 0 Å². The van der Waals surface area contributed by atoms with E-state index in [1.807, 2.05) is 0 Å². The highest BCUT2D eigenvalue weighted by Gasteiger charge is 2.38. The lowest BCUT2D eigenvalue weighted by molar-refractivity contribution is -0.194. The number of aliphatic carboxylic acids is 1. The molecule has 0 atom stereocenters. The lowest BCUT2D eigenvalue weighted by Crippen LogP contribution is -2.71. The lowest BCUT2D eigenvalue weighted by Gasteiger charge is -2.56. The number of hydrogen-bond donors (Lipinski definition) is 1. The maximum atomic E-state index is 10.6. The van der Waals surface area contributed by atoms with Gasteiger partial charge in [-0.15, -0.1) is 0 Å². The van der Waals surface area contributed by atoms with Crippen molar-refractivity contribution in [2.24, 2.45) is 0 Å². The fraction of sp³-hybridized carbons (Fsp3) is 0.875. The third-order valence-corrected chi connectivity index (χ3v) is 2.64. The van der Waals surface area contributed by atoms with E-state index in [9.17, 15) is 13.2 Å². The molecule has 4 aliphatic heterocycles. The fourth-order valence-corrected chi connectivity index (χ4v) is 2.23. The van der Waals surface area contributed by atoms with E-state index in [4.69, 9.17) is 9.90 Å². The first-order chi connectivity index (χ1) is 7.84. The van der Waals surface area contributed by atoms with Gasteiger partial charge in [0.25, 0.3) is 0 Å². The van der Waals surface area contributed by atoms with Gasteiger partial charge in [-0.25, -0.2) is 4.79 Å². The summed E-state index contributed by atoms with van der Waals surface area (Å²) in [5.74, 6) is -2.76. The molecule has 4 saturated heterocycles. The summed E-state index contributed by atoms with van der Waals surface area (Å²) in [6.45, 7) is 7.12.